The zero-order valence-electron chi connectivity index (χ0n) is 17.0. The van der Waals surface area contributed by atoms with Gasteiger partial charge in [0.15, 0.2) is 5.13 Å². The first-order valence-corrected chi connectivity index (χ1v) is 10.5. The van der Waals surface area contributed by atoms with Crippen molar-refractivity contribution in [1.29, 1.82) is 5.26 Å². The highest BCUT2D eigenvalue weighted by atomic mass is 32.1. The highest BCUT2D eigenvalue weighted by Crippen LogP contribution is 2.32. The lowest BCUT2D eigenvalue weighted by atomic mass is 9.97. The van der Waals surface area contributed by atoms with E-state index in [1.54, 1.807) is 6.07 Å². The Hall–Kier alpha value is -3.25. The van der Waals surface area contributed by atoms with Gasteiger partial charge in [0.05, 0.1) is 22.8 Å². The molecular weight excluding hydrogens is 400 g/mol. The summed E-state index contributed by atoms with van der Waals surface area (Å²) in [7, 11) is 0. The minimum Gasteiger partial charge on any atom is -0.444 e. The van der Waals surface area contributed by atoms with E-state index in [0.717, 1.165) is 46.6 Å². The molecule has 8 nitrogen and oxygen atoms in total. The zero-order chi connectivity index (χ0) is 21.3. The maximum absolute atomic E-state index is 12.0. The van der Waals surface area contributed by atoms with E-state index in [0.29, 0.717) is 10.7 Å². The lowest BCUT2D eigenvalue weighted by Gasteiger charge is -2.23. The molecule has 0 saturated heterocycles. The maximum atomic E-state index is 12.0. The van der Waals surface area contributed by atoms with Gasteiger partial charge in [-0.05, 0) is 51.8 Å². The number of fused-ring (bicyclic) bond motifs is 2. The van der Waals surface area contributed by atoms with Crippen LogP contribution in [0.4, 0.5) is 15.7 Å². The van der Waals surface area contributed by atoms with E-state index in [2.05, 4.69) is 31.7 Å². The van der Waals surface area contributed by atoms with E-state index in [-0.39, 0.29) is 6.04 Å². The van der Waals surface area contributed by atoms with Crippen LogP contribution in [-0.4, -0.2) is 32.7 Å². The number of thiazole rings is 1. The van der Waals surface area contributed by atoms with Crippen molar-refractivity contribution in [2.75, 3.05) is 10.6 Å². The fraction of sp³-hybridized carbons (Fsp3) is 0.381. The average molecular weight is 423 g/mol. The predicted octanol–water partition coefficient (Wildman–Crippen LogP) is 4.27. The molecule has 1 amide bonds. The molecule has 0 bridgehead atoms. The second-order valence-corrected chi connectivity index (χ2v) is 9.25. The fourth-order valence-electron chi connectivity index (χ4n) is 3.38. The third-order valence-electron chi connectivity index (χ3n) is 4.65. The second kappa shape index (κ2) is 7.88. The minimum atomic E-state index is -0.554. The van der Waals surface area contributed by atoms with Gasteiger partial charge in [-0.1, -0.05) is 0 Å². The van der Waals surface area contributed by atoms with Gasteiger partial charge in [-0.2, -0.15) is 5.26 Å². The molecule has 0 saturated carbocycles. The first-order valence-electron chi connectivity index (χ1n) is 9.71. The first-order chi connectivity index (χ1) is 14.3. The molecule has 0 radical (unpaired) electrons. The number of carbonyl (C=O) groups is 1. The summed E-state index contributed by atoms with van der Waals surface area (Å²) in [5.41, 5.74) is 1.83. The van der Waals surface area contributed by atoms with Crippen molar-refractivity contribution in [3.05, 3.63) is 40.7 Å². The number of ether oxygens (including phenoxy) is 1. The SMILES string of the molecule is CC(C)(C)OC(=O)Nc1nc2c(s1)CC(Nc1ncnc3ccc(C#N)cc13)CC2. The van der Waals surface area contributed by atoms with Crippen LogP contribution in [0.2, 0.25) is 0 Å². The number of aryl methyl sites for hydroxylation is 1. The quantitative estimate of drug-likeness (QED) is 0.648. The smallest absolute Gasteiger partial charge is 0.413 e. The van der Waals surface area contributed by atoms with Crippen molar-refractivity contribution in [2.24, 2.45) is 0 Å². The first kappa shape index (κ1) is 20.0. The Morgan fingerprint density at radius 1 is 1.33 bits per heavy atom. The number of aromatic nitrogens is 3. The summed E-state index contributed by atoms with van der Waals surface area (Å²) in [6.07, 6.45) is 3.52. The number of rotatable bonds is 3. The number of nitrogens with zero attached hydrogens (tertiary/aromatic N) is 4. The Labute approximate surface area is 178 Å². The number of benzene rings is 1. The van der Waals surface area contributed by atoms with Crippen molar-refractivity contribution < 1.29 is 9.53 Å². The molecule has 1 atom stereocenters. The van der Waals surface area contributed by atoms with Crippen LogP contribution in [0.15, 0.2) is 24.5 Å². The summed E-state index contributed by atoms with van der Waals surface area (Å²) in [5.74, 6) is 0.724. The van der Waals surface area contributed by atoms with Crippen molar-refractivity contribution >= 4 is 39.3 Å². The fourth-order valence-corrected chi connectivity index (χ4v) is 4.45. The molecular formula is C21H22N6O2S. The molecule has 3 aromatic rings. The van der Waals surface area contributed by atoms with Crippen molar-refractivity contribution in [1.82, 2.24) is 15.0 Å². The van der Waals surface area contributed by atoms with E-state index in [9.17, 15) is 10.1 Å². The standard InChI is InChI=1S/C21H22N6O2S/c1-21(2,3)29-20(28)27-19-26-16-7-5-13(9-17(16)30-19)25-18-14-8-12(10-22)4-6-15(14)23-11-24-18/h4,6,8,11,13H,5,7,9H2,1-3H3,(H,23,24,25)(H,26,27,28). The summed E-state index contributed by atoms with van der Waals surface area (Å²) in [6, 6.07) is 7.73. The molecule has 2 heterocycles. The van der Waals surface area contributed by atoms with Crippen LogP contribution in [0, 0.1) is 11.3 Å². The predicted molar refractivity (Wildman–Crippen MR) is 116 cm³/mol. The van der Waals surface area contributed by atoms with E-state index < -0.39 is 11.7 Å². The lowest BCUT2D eigenvalue weighted by molar-refractivity contribution is 0.0636. The third kappa shape index (κ3) is 4.49. The molecule has 1 aliphatic carbocycles. The number of nitriles is 1. The molecule has 1 unspecified atom stereocenters. The zero-order valence-corrected chi connectivity index (χ0v) is 17.8. The van der Waals surface area contributed by atoms with Gasteiger partial charge in [0.25, 0.3) is 0 Å². The van der Waals surface area contributed by atoms with Gasteiger partial charge in [-0.3, -0.25) is 5.32 Å². The average Bonchev–Trinajstić information content (AvgIpc) is 3.07. The van der Waals surface area contributed by atoms with Crippen LogP contribution in [0.3, 0.4) is 0 Å². The van der Waals surface area contributed by atoms with Crippen molar-refractivity contribution in [3.8, 4) is 6.07 Å². The van der Waals surface area contributed by atoms with Crippen LogP contribution in [0.5, 0.6) is 0 Å². The van der Waals surface area contributed by atoms with Crippen LogP contribution in [0.25, 0.3) is 10.9 Å². The van der Waals surface area contributed by atoms with E-state index >= 15 is 0 Å². The molecule has 1 aliphatic rings. The van der Waals surface area contributed by atoms with Gasteiger partial charge < -0.3 is 10.1 Å². The number of nitrogens with one attached hydrogen (secondary N) is 2. The normalized spacial score (nSPS) is 15.9. The molecule has 2 aromatic heterocycles. The Kier molecular flexibility index (Phi) is 5.26. The van der Waals surface area contributed by atoms with Crippen LogP contribution in [0.1, 0.15) is 43.3 Å². The molecule has 0 aliphatic heterocycles. The van der Waals surface area contributed by atoms with Gasteiger partial charge in [0.1, 0.15) is 17.7 Å². The van der Waals surface area contributed by atoms with Crippen LogP contribution in [-0.2, 0) is 17.6 Å². The van der Waals surface area contributed by atoms with Crippen LogP contribution >= 0.6 is 11.3 Å². The Balaban J connectivity index is 1.48. The third-order valence-corrected chi connectivity index (χ3v) is 5.69. The minimum absolute atomic E-state index is 0.177. The largest absolute Gasteiger partial charge is 0.444 e. The van der Waals surface area contributed by atoms with Crippen LogP contribution < -0.4 is 10.6 Å². The molecule has 30 heavy (non-hydrogen) atoms. The second-order valence-electron chi connectivity index (χ2n) is 8.17. The van der Waals surface area contributed by atoms with Gasteiger partial charge in [-0.25, -0.2) is 19.7 Å². The Morgan fingerprint density at radius 2 is 2.17 bits per heavy atom. The molecule has 9 heteroatoms. The number of anilines is 2. The molecule has 0 fully saturated rings. The van der Waals surface area contributed by atoms with Gasteiger partial charge >= 0.3 is 6.09 Å². The van der Waals surface area contributed by atoms with E-state index in [1.807, 2.05) is 32.9 Å². The van der Waals surface area contributed by atoms with Crippen molar-refractivity contribution in [3.63, 3.8) is 0 Å². The van der Waals surface area contributed by atoms with E-state index in [1.165, 1.54) is 17.7 Å². The number of hydrogen-bond acceptors (Lipinski definition) is 8. The number of amides is 1. The molecule has 154 valence electrons. The Morgan fingerprint density at radius 3 is 2.93 bits per heavy atom. The number of carbonyl (C=O) groups excluding carboxylic acids is 1. The summed E-state index contributed by atoms with van der Waals surface area (Å²) in [6.45, 7) is 5.48. The number of hydrogen-bond donors (Lipinski definition) is 2. The van der Waals surface area contributed by atoms with Gasteiger partial charge in [0.2, 0.25) is 0 Å². The molecule has 2 N–H and O–H groups in total. The van der Waals surface area contributed by atoms with E-state index in [4.69, 9.17) is 4.74 Å². The summed E-state index contributed by atoms with van der Waals surface area (Å²) in [4.78, 5) is 26.4. The lowest BCUT2D eigenvalue weighted by Crippen LogP contribution is -2.27. The van der Waals surface area contributed by atoms with Gasteiger partial charge in [0, 0.05) is 22.7 Å². The monoisotopic (exact) mass is 422 g/mol. The highest BCUT2D eigenvalue weighted by molar-refractivity contribution is 7.15. The Bertz CT molecular complexity index is 1140. The molecule has 1 aromatic carbocycles. The maximum Gasteiger partial charge on any atom is 0.413 e. The summed E-state index contributed by atoms with van der Waals surface area (Å²) < 4.78 is 5.30. The molecule has 0 spiro atoms. The van der Waals surface area contributed by atoms with Gasteiger partial charge in [-0.15, -0.1) is 11.3 Å². The topological polar surface area (TPSA) is 113 Å². The molecule has 4 rings (SSSR count). The highest BCUT2D eigenvalue weighted by Gasteiger charge is 2.25. The van der Waals surface area contributed by atoms with Crippen molar-refractivity contribution in [2.45, 2.75) is 51.7 Å². The summed E-state index contributed by atoms with van der Waals surface area (Å²) in [5, 5.41) is 16.8. The summed E-state index contributed by atoms with van der Waals surface area (Å²) >= 11 is 1.47.